The van der Waals surface area contributed by atoms with Crippen LogP contribution in [0.4, 0.5) is 18.9 Å². The zero-order chi connectivity index (χ0) is 20.4. The predicted octanol–water partition coefficient (Wildman–Crippen LogP) is 3.82. The molecule has 3 aromatic rings. The van der Waals surface area contributed by atoms with Crippen molar-refractivity contribution in [1.82, 2.24) is 10.2 Å². The van der Waals surface area contributed by atoms with Crippen LogP contribution in [-0.4, -0.2) is 35.1 Å². The van der Waals surface area contributed by atoms with Crippen molar-refractivity contribution in [3.8, 4) is 23.0 Å². The van der Waals surface area contributed by atoms with Gasteiger partial charge in [0.05, 0.1) is 0 Å². The molecular formula is C19H14F3N3O4. The van der Waals surface area contributed by atoms with Gasteiger partial charge in [-0.25, -0.2) is 0 Å². The number of hydrogen-bond acceptors (Lipinski definition) is 6. The van der Waals surface area contributed by atoms with Crippen LogP contribution in [0.25, 0.3) is 11.5 Å². The van der Waals surface area contributed by atoms with Crippen molar-refractivity contribution < 1.29 is 31.9 Å². The fourth-order valence-corrected chi connectivity index (χ4v) is 3.01. The number of nitrogens with zero attached hydrogens (tertiary/aromatic N) is 3. The van der Waals surface area contributed by atoms with E-state index in [0.717, 1.165) is 0 Å². The van der Waals surface area contributed by atoms with Crippen molar-refractivity contribution in [3.05, 3.63) is 54.9 Å². The molecule has 0 aliphatic carbocycles. The fourth-order valence-electron chi connectivity index (χ4n) is 3.01. The summed E-state index contributed by atoms with van der Waals surface area (Å²) < 4.78 is 52.0. The molecule has 1 amide bonds. The summed E-state index contributed by atoms with van der Waals surface area (Å²) >= 11 is 0. The number of ether oxygens (including phenoxy) is 2. The van der Waals surface area contributed by atoms with Gasteiger partial charge in [0.25, 0.3) is 5.91 Å². The van der Waals surface area contributed by atoms with E-state index < -0.39 is 12.5 Å². The van der Waals surface area contributed by atoms with Gasteiger partial charge in [-0.3, -0.25) is 4.79 Å². The van der Waals surface area contributed by atoms with Gasteiger partial charge in [-0.05, 0) is 36.4 Å². The van der Waals surface area contributed by atoms with Crippen LogP contribution in [0.5, 0.6) is 11.5 Å². The predicted molar refractivity (Wildman–Crippen MR) is 94.2 cm³/mol. The molecule has 1 aromatic heterocycles. The van der Waals surface area contributed by atoms with Crippen molar-refractivity contribution in [1.29, 1.82) is 0 Å². The zero-order valence-electron chi connectivity index (χ0n) is 14.8. The first-order valence-corrected chi connectivity index (χ1v) is 8.59. The Hall–Kier alpha value is -3.56. The lowest BCUT2D eigenvalue weighted by atomic mass is 10.2. The van der Waals surface area contributed by atoms with Crippen LogP contribution in [0.2, 0.25) is 0 Å². The summed E-state index contributed by atoms with van der Waals surface area (Å²) in [5.41, 5.74) is 1.02. The molecule has 0 spiro atoms. The molecule has 2 aromatic carbocycles. The number of carbonyl (C=O) groups excluding carboxylic acids is 1. The molecule has 1 aliphatic rings. The Kier molecular flexibility index (Phi) is 4.83. The van der Waals surface area contributed by atoms with Crippen LogP contribution in [0.3, 0.4) is 0 Å². The Labute approximate surface area is 162 Å². The lowest BCUT2D eigenvalue weighted by Gasteiger charge is -2.18. The lowest BCUT2D eigenvalue weighted by molar-refractivity contribution is -0.274. The van der Waals surface area contributed by atoms with Crippen molar-refractivity contribution >= 4 is 11.6 Å². The molecule has 1 atom stereocenters. The second kappa shape index (κ2) is 7.46. The third kappa shape index (κ3) is 4.31. The summed E-state index contributed by atoms with van der Waals surface area (Å²) in [5, 5.41) is 7.41. The monoisotopic (exact) mass is 405 g/mol. The van der Waals surface area contributed by atoms with Crippen LogP contribution in [0.15, 0.2) is 59.3 Å². The highest BCUT2D eigenvalue weighted by atomic mass is 19.4. The molecule has 150 valence electrons. The molecule has 10 heteroatoms. The van der Waals surface area contributed by atoms with Crippen LogP contribution in [0, 0.1) is 0 Å². The maximum Gasteiger partial charge on any atom is 0.573 e. The van der Waals surface area contributed by atoms with Gasteiger partial charge in [-0.1, -0.05) is 6.07 Å². The van der Waals surface area contributed by atoms with Gasteiger partial charge in [0.2, 0.25) is 12.3 Å². The van der Waals surface area contributed by atoms with Crippen molar-refractivity contribution in [2.75, 3.05) is 11.4 Å². The molecule has 1 aliphatic heterocycles. The Morgan fingerprint density at radius 1 is 1.10 bits per heavy atom. The van der Waals surface area contributed by atoms with E-state index in [-0.39, 0.29) is 11.7 Å². The second-order valence-electron chi connectivity index (χ2n) is 6.20. The smallest absolute Gasteiger partial charge is 0.481 e. The summed E-state index contributed by atoms with van der Waals surface area (Å²) in [6.45, 7) is 0.318. The van der Waals surface area contributed by atoms with E-state index in [4.69, 9.17) is 9.15 Å². The van der Waals surface area contributed by atoms with E-state index in [2.05, 4.69) is 14.9 Å². The van der Waals surface area contributed by atoms with Crippen LogP contribution >= 0.6 is 0 Å². The van der Waals surface area contributed by atoms with Gasteiger partial charge >= 0.3 is 6.36 Å². The Morgan fingerprint density at radius 2 is 1.90 bits per heavy atom. The Balaban J connectivity index is 1.43. The highest BCUT2D eigenvalue weighted by Crippen LogP contribution is 2.30. The number of amides is 1. The molecule has 0 radical (unpaired) electrons. The number of aromatic nitrogens is 2. The summed E-state index contributed by atoms with van der Waals surface area (Å²) in [6.07, 6.45) is -3.92. The summed E-state index contributed by atoms with van der Waals surface area (Å²) in [4.78, 5) is 14.0. The molecule has 2 heterocycles. The van der Waals surface area contributed by atoms with Gasteiger partial charge in [0, 0.05) is 30.3 Å². The molecule has 0 bridgehead atoms. The standard InChI is InChI=1S/C19H14F3N3O4/c20-19(21,22)29-15-3-1-2-13(10-15)25-9-8-16(18(25)26)28-14-6-4-12(5-7-14)17-24-23-11-27-17/h1-7,10-11,16H,8-9H2. The van der Waals surface area contributed by atoms with Gasteiger partial charge in [-0.2, -0.15) is 0 Å². The van der Waals surface area contributed by atoms with E-state index in [1.807, 2.05) is 0 Å². The Bertz CT molecular complexity index is 991. The molecule has 4 rings (SSSR count). The maximum absolute atomic E-state index is 12.7. The van der Waals surface area contributed by atoms with Gasteiger partial charge in [-0.15, -0.1) is 23.4 Å². The van der Waals surface area contributed by atoms with Crippen LogP contribution in [0.1, 0.15) is 6.42 Å². The molecule has 1 fully saturated rings. The summed E-state index contributed by atoms with van der Waals surface area (Å²) in [6, 6.07) is 12.1. The Morgan fingerprint density at radius 3 is 2.59 bits per heavy atom. The fraction of sp³-hybridized carbons (Fsp3) is 0.211. The second-order valence-corrected chi connectivity index (χ2v) is 6.20. The van der Waals surface area contributed by atoms with Crippen molar-refractivity contribution in [2.24, 2.45) is 0 Å². The lowest BCUT2D eigenvalue weighted by Crippen LogP contribution is -2.32. The minimum Gasteiger partial charge on any atom is -0.481 e. The number of benzene rings is 2. The molecule has 1 saturated heterocycles. The topological polar surface area (TPSA) is 77.7 Å². The highest BCUT2D eigenvalue weighted by molar-refractivity contribution is 5.99. The van der Waals surface area contributed by atoms with Gasteiger partial charge in [0.15, 0.2) is 6.10 Å². The first kappa shape index (κ1) is 18.8. The third-order valence-corrected chi connectivity index (χ3v) is 4.26. The SMILES string of the molecule is O=C1C(Oc2ccc(-c3nnco3)cc2)CCN1c1cccc(OC(F)(F)F)c1. The van der Waals surface area contributed by atoms with E-state index in [9.17, 15) is 18.0 Å². The third-order valence-electron chi connectivity index (χ3n) is 4.26. The highest BCUT2D eigenvalue weighted by Gasteiger charge is 2.35. The quantitative estimate of drug-likeness (QED) is 0.642. The van der Waals surface area contributed by atoms with E-state index in [1.54, 1.807) is 30.3 Å². The number of alkyl halides is 3. The van der Waals surface area contributed by atoms with Crippen LogP contribution < -0.4 is 14.4 Å². The molecule has 29 heavy (non-hydrogen) atoms. The van der Waals surface area contributed by atoms with Crippen LogP contribution in [-0.2, 0) is 4.79 Å². The number of anilines is 1. The normalized spacial score (nSPS) is 16.9. The van der Waals surface area contributed by atoms with Gasteiger partial charge in [0.1, 0.15) is 11.5 Å². The number of hydrogen-bond donors (Lipinski definition) is 0. The maximum atomic E-state index is 12.7. The molecule has 0 saturated carbocycles. The average Bonchev–Trinajstić information content (AvgIpc) is 3.32. The average molecular weight is 405 g/mol. The zero-order valence-corrected chi connectivity index (χ0v) is 14.8. The van der Waals surface area contributed by atoms with E-state index in [1.165, 1.54) is 29.5 Å². The molecule has 0 N–H and O–H groups in total. The minimum atomic E-state index is -4.80. The van der Waals surface area contributed by atoms with E-state index in [0.29, 0.717) is 35.9 Å². The molecule has 1 unspecified atom stereocenters. The van der Waals surface area contributed by atoms with Gasteiger partial charge < -0.3 is 18.8 Å². The van der Waals surface area contributed by atoms with Crippen molar-refractivity contribution in [3.63, 3.8) is 0 Å². The number of carbonyl (C=O) groups is 1. The molecule has 7 nitrogen and oxygen atoms in total. The number of halogens is 3. The summed E-state index contributed by atoms with van der Waals surface area (Å²) in [7, 11) is 0. The molecular weight excluding hydrogens is 391 g/mol. The largest absolute Gasteiger partial charge is 0.573 e. The minimum absolute atomic E-state index is 0.314. The van der Waals surface area contributed by atoms with Crippen molar-refractivity contribution in [2.45, 2.75) is 18.9 Å². The number of rotatable bonds is 5. The summed E-state index contributed by atoms with van der Waals surface area (Å²) in [5.74, 6) is 0.113. The first-order valence-electron chi connectivity index (χ1n) is 8.59. The first-order chi connectivity index (χ1) is 13.9. The van der Waals surface area contributed by atoms with E-state index >= 15 is 0 Å².